The fourth-order valence-corrected chi connectivity index (χ4v) is 2.84. The molecule has 0 bridgehead atoms. The molecule has 4 heteroatoms. The lowest BCUT2D eigenvalue weighted by molar-refractivity contribution is -0.485. The summed E-state index contributed by atoms with van der Waals surface area (Å²) in [5.41, 5.74) is 0.0895. The van der Waals surface area contributed by atoms with Gasteiger partial charge < -0.3 is 5.11 Å². The van der Waals surface area contributed by atoms with Crippen molar-refractivity contribution < 1.29 is 19.7 Å². The molecule has 4 nitrogen and oxygen atoms in total. The van der Waals surface area contributed by atoms with Gasteiger partial charge in [0.05, 0.1) is 5.41 Å². The Balaban J connectivity index is 1.90. The first-order valence-electron chi connectivity index (χ1n) is 6.20. The van der Waals surface area contributed by atoms with Gasteiger partial charge in [-0.2, -0.15) is 4.89 Å². The summed E-state index contributed by atoms with van der Waals surface area (Å²) in [6.45, 7) is 1.76. The van der Waals surface area contributed by atoms with Crippen LogP contribution in [0.1, 0.15) is 37.9 Å². The first-order valence-corrected chi connectivity index (χ1v) is 6.20. The summed E-state index contributed by atoms with van der Waals surface area (Å²) in [5.74, 6) is -1.41. The summed E-state index contributed by atoms with van der Waals surface area (Å²) in [5, 5.41) is 10.3. The van der Waals surface area contributed by atoms with Crippen molar-refractivity contribution in [3.05, 3.63) is 35.9 Å². The Kier molecular flexibility index (Phi) is 2.55. The van der Waals surface area contributed by atoms with Crippen LogP contribution in [0.4, 0.5) is 0 Å². The summed E-state index contributed by atoms with van der Waals surface area (Å²) in [4.78, 5) is 22.5. The second kappa shape index (κ2) is 3.88. The van der Waals surface area contributed by atoms with Gasteiger partial charge in [0.1, 0.15) is 11.9 Å². The Morgan fingerprint density at radius 3 is 2.78 bits per heavy atom. The summed E-state index contributed by atoms with van der Waals surface area (Å²) < 4.78 is 0. The van der Waals surface area contributed by atoms with Crippen molar-refractivity contribution in [1.82, 2.24) is 0 Å². The number of ketones is 1. The van der Waals surface area contributed by atoms with Gasteiger partial charge in [0, 0.05) is 12.8 Å². The van der Waals surface area contributed by atoms with Crippen LogP contribution < -0.4 is 0 Å². The second-order valence-corrected chi connectivity index (χ2v) is 5.32. The molecule has 1 heterocycles. The topological polar surface area (TPSA) is 55.8 Å². The third kappa shape index (κ3) is 1.53. The van der Waals surface area contributed by atoms with E-state index in [0.717, 1.165) is 5.56 Å². The van der Waals surface area contributed by atoms with Crippen molar-refractivity contribution in [3.8, 4) is 0 Å². The summed E-state index contributed by atoms with van der Waals surface area (Å²) >= 11 is 0. The van der Waals surface area contributed by atoms with E-state index in [1.165, 1.54) is 0 Å². The Morgan fingerprint density at radius 2 is 2.06 bits per heavy atom. The molecule has 18 heavy (non-hydrogen) atoms. The minimum absolute atomic E-state index is 0.0502. The first-order chi connectivity index (χ1) is 8.55. The highest BCUT2D eigenvalue weighted by atomic mass is 17.2. The number of rotatable bonds is 1. The zero-order valence-corrected chi connectivity index (χ0v) is 10.3. The van der Waals surface area contributed by atoms with E-state index in [9.17, 15) is 9.90 Å². The van der Waals surface area contributed by atoms with Gasteiger partial charge >= 0.3 is 0 Å². The average molecular weight is 248 g/mol. The predicted molar refractivity (Wildman–Crippen MR) is 63.3 cm³/mol. The van der Waals surface area contributed by atoms with Crippen molar-refractivity contribution in [2.24, 2.45) is 5.41 Å². The largest absolute Gasteiger partial charge is 0.362 e. The number of fused-ring (bicyclic) bond motifs is 1. The highest BCUT2D eigenvalue weighted by Crippen LogP contribution is 2.53. The molecule has 96 valence electrons. The fourth-order valence-electron chi connectivity index (χ4n) is 2.84. The Bertz CT molecular complexity index is 472. The molecule has 1 aliphatic carbocycles. The van der Waals surface area contributed by atoms with E-state index in [0.29, 0.717) is 19.3 Å². The quantitative estimate of drug-likeness (QED) is 0.774. The Labute approximate surface area is 105 Å². The van der Waals surface area contributed by atoms with Crippen molar-refractivity contribution in [2.75, 3.05) is 0 Å². The minimum Gasteiger partial charge on any atom is -0.362 e. The third-order valence-corrected chi connectivity index (χ3v) is 4.24. The maximum atomic E-state index is 12.0. The molecule has 3 atom stereocenters. The summed E-state index contributed by atoms with van der Waals surface area (Å²) in [7, 11) is 0. The lowest BCUT2D eigenvalue weighted by Gasteiger charge is -2.43. The van der Waals surface area contributed by atoms with E-state index in [-0.39, 0.29) is 11.9 Å². The van der Waals surface area contributed by atoms with Crippen molar-refractivity contribution in [3.63, 3.8) is 0 Å². The summed E-state index contributed by atoms with van der Waals surface area (Å²) in [6.07, 6.45) is 0.798. The van der Waals surface area contributed by atoms with E-state index < -0.39 is 11.2 Å². The van der Waals surface area contributed by atoms with E-state index in [4.69, 9.17) is 9.78 Å². The molecule has 1 aliphatic heterocycles. The van der Waals surface area contributed by atoms with Gasteiger partial charge in [0.25, 0.3) is 0 Å². The molecule has 1 saturated heterocycles. The van der Waals surface area contributed by atoms with E-state index in [1.807, 2.05) is 30.3 Å². The first kappa shape index (κ1) is 11.8. The number of hydrogen-bond donors (Lipinski definition) is 1. The Hall–Kier alpha value is -1.23. The number of hydrogen-bond acceptors (Lipinski definition) is 4. The molecular weight excluding hydrogens is 232 g/mol. The van der Waals surface area contributed by atoms with Gasteiger partial charge in [-0.3, -0.25) is 4.79 Å². The van der Waals surface area contributed by atoms with Crippen molar-refractivity contribution in [1.29, 1.82) is 0 Å². The number of carbonyl (C=O) groups is 1. The lowest BCUT2D eigenvalue weighted by atomic mass is 9.76. The van der Waals surface area contributed by atoms with Gasteiger partial charge in [-0.05, 0) is 18.9 Å². The molecular formula is C14H16O4. The molecule has 0 spiro atoms. The van der Waals surface area contributed by atoms with E-state index in [1.54, 1.807) is 6.92 Å². The number of carbonyl (C=O) groups excluding carboxylic acids is 1. The van der Waals surface area contributed by atoms with Crippen LogP contribution >= 0.6 is 0 Å². The average Bonchev–Trinajstić information content (AvgIpc) is 2.63. The molecule has 2 aliphatic rings. The van der Waals surface area contributed by atoms with Crippen LogP contribution in [0.5, 0.6) is 0 Å². The molecule has 3 rings (SSSR count). The van der Waals surface area contributed by atoms with Crippen molar-refractivity contribution >= 4 is 5.78 Å². The molecule has 1 saturated carbocycles. The Morgan fingerprint density at radius 1 is 1.33 bits per heavy atom. The maximum Gasteiger partial charge on any atom is 0.212 e. The molecule has 2 fully saturated rings. The molecule has 0 radical (unpaired) electrons. The van der Waals surface area contributed by atoms with Crippen LogP contribution in [0, 0.1) is 5.41 Å². The van der Waals surface area contributed by atoms with E-state index in [2.05, 4.69) is 0 Å². The van der Waals surface area contributed by atoms with Crippen LogP contribution in [0.3, 0.4) is 0 Å². The van der Waals surface area contributed by atoms with Gasteiger partial charge in [-0.15, -0.1) is 0 Å². The third-order valence-electron chi connectivity index (χ3n) is 4.24. The normalized spacial score (nSPS) is 39.7. The van der Waals surface area contributed by atoms with Crippen LogP contribution in [-0.4, -0.2) is 16.7 Å². The standard InChI is InChI=1S/C14H16O4/c1-13-9-11(10-5-3-2-4-6-10)17-18-14(13,16)8-7-12(13)15/h2-6,11,16H,7-9H2,1H3/t11?,13-,14+/m1/s1. The highest BCUT2D eigenvalue weighted by molar-refractivity contribution is 5.88. The lowest BCUT2D eigenvalue weighted by Crippen LogP contribution is -2.52. The highest BCUT2D eigenvalue weighted by Gasteiger charge is 2.62. The van der Waals surface area contributed by atoms with Crippen LogP contribution in [-0.2, 0) is 14.6 Å². The minimum atomic E-state index is -1.46. The number of Topliss-reactive ketones (excluding diaryl/α,β-unsaturated/α-hetero) is 1. The van der Waals surface area contributed by atoms with Crippen LogP contribution in [0.15, 0.2) is 30.3 Å². The SMILES string of the molecule is C[C@]12CC(c3ccccc3)OO[C@@]1(O)CCC2=O. The number of aliphatic hydroxyl groups is 1. The van der Waals surface area contributed by atoms with Gasteiger partial charge in [0.15, 0.2) is 0 Å². The van der Waals surface area contributed by atoms with Gasteiger partial charge in [-0.25, -0.2) is 4.89 Å². The summed E-state index contributed by atoms with van der Waals surface area (Å²) in [6, 6.07) is 9.62. The molecule has 0 amide bonds. The number of benzene rings is 1. The van der Waals surface area contributed by atoms with Crippen LogP contribution in [0.25, 0.3) is 0 Å². The zero-order valence-electron chi connectivity index (χ0n) is 10.3. The predicted octanol–water partition coefficient (Wildman–Crippen LogP) is 2.14. The molecule has 0 aromatic heterocycles. The second-order valence-electron chi connectivity index (χ2n) is 5.32. The monoisotopic (exact) mass is 248 g/mol. The van der Waals surface area contributed by atoms with Crippen LogP contribution in [0.2, 0.25) is 0 Å². The van der Waals surface area contributed by atoms with Gasteiger partial charge in [-0.1, -0.05) is 30.3 Å². The zero-order chi connectivity index (χ0) is 12.8. The van der Waals surface area contributed by atoms with E-state index >= 15 is 0 Å². The van der Waals surface area contributed by atoms with Gasteiger partial charge in [0.2, 0.25) is 5.79 Å². The smallest absolute Gasteiger partial charge is 0.212 e. The maximum absolute atomic E-state index is 12.0. The molecule has 1 aromatic carbocycles. The molecule has 1 N–H and O–H groups in total. The van der Waals surface area contributed by atoms with Crippen molar-refractivity contribution in [2.45, 2.75) is 38.1 Å². The fraction of sp³-hybridized carbons (Fsp3) is 0.500. The molecule has 1 unspecified atom stereocenters. The molecule has 1 aromatic rings.